The third kappa shape index (κ3) is 29.2. The summed E-state index contributed by atoms with van der Waals surface area (Å²) >= 11 is 4.05. The molecule has 2 rings (SSSR count). The zero-order valence-corrected chi connectivity index (χ0v) is 53.3. The van der Waals surface area contributed by atoms with E-state index in [1.54, 1.807) is 27.7 Å². The molecule has 0 saturated carbocycles. The molecule has 0 radical (unpaired) electrons. The van der Waals surface area contributed by atoms with Gasteiger partial charge in [0.1, 0.15) is 66.5 Å². The number of nitrogens with zero attached hydrogens (tertiary/aromatic N) is 2. The Kier molecular flexibility index (Phi) is 33.7. The molecule has 0 unspecified atom stereocenters. The molecule has 1 saturated heterocycles. The van der Waals surface area contributed by atoms with Crippen molar-refractivity contribution < 1.29 is 117 Å². The van der Waals surface area contributed by atoms with Gasteiger partial charge in [-0.15, -0.1) is 0 Å². The van der Waals surface area contributed by atoms with E-state index in [1.807, 2.05) is 0 Å². The summed E-state index contributed by atoms with van der Waals surface area (Å²) in [4.78, 5) is 240. The van der Waals surface area contributed by atoms with Crippen molar-refractivity contribution >= 4 is 119 Å². The van der Waals surface area contributed by atoms with Crippen molar-refractivity contribution in [1.29, 1.82) is 0 Å². The van der Waals surface area contributed by atoms with Gasteiger partial charge in [0.15, 0.2) is 0 Å². The number of carboxylic acid groups (broad SMARTS) is 6. The molecule has 528 valence electrons. The van der Waals surface area contributed by atoms with Crippen molar-refractivity contribution in [2.24, 2.45) is 23.3 Å². The SMILES string of the molecule is CC(C)C[C@H](NC(=O)[C@H](CCC(=O)O)NC(=O)[C@H](CC(=O)O)NC(=O)[C@H](CS)NC(=O)[C@@H](CC(=O)O)NC(=O)[C@@H]1CCCN1C(=O)[C@H](CC(N)=O)NC(=O)[C@H](CC(C)C)NC(=O)[C@@H](N)CCC(=O)O)C(=O)N[C@@H](C)C(=O)N[C@@H](CC(=O)O)C(=O)N[C@@H](Cc1cnc[nH]1)C(=O)O. The Balaban J connectivity index is 2.33. The molecule has 1 aliphatic rings. The minimum atomic E-state index is -2.16. The fourth-order valence-corrected chi connectivity index (χ4v) is 9.53. The molecule has 1 fully saturated rings. The Morgan fingerprint density at radius 3 is 1.39 bits per heavy atom. The Morgan fingerprint density at radius 2 is 0.926 bits per heavy atom. The van der Waals surface area contributed by atoms with Crippen molar-refractivity contribution in [3.8, 4) is 0 Å². The second-order valence-corrected chi connectivity index (χ2v) is 23.3. The molecule has 21 N–H and O–H groups in total. The Bertz CT molecular complexity index is 2990. The van der Waals surface area contributed by atoms with Crippen LogP contribution in [0.15, 0.2) is 12.5 Å². The van der Waals surface area contributed by atoms with Crippen LogP contribution in [0.1, 0.15) is 117 Å². The predicted octanol–water partition coefficient (Wildman–Crippen LogP) is -6.73. The number of nitrogens with one attached hydrogen (secondary N) is 11. The van der Waals surface area contributed by atoms with Crippen LogP contribution in [0.25, 0.3) is 0 Å². The summed E-state index contributed by atoms with van der Waals surface area (Å²) in [5, 5.41) is 79.5. The van der Waals surface area contributed by atoms with E-state index in [2.05, 4.69) is 75.8 Å². The monoisotopic (exact) mass is 1370 g/mol. The number of thiol groups is 1. The van der Waals surface area contributed by atoms with Crippen LogP contribution in [0.4, 0.5) is 0 Å². The Hall–Kier alpha value is -10.0. The maximum atomic E-state index is 14.1. The third-order valence-electron chi connectivity index (χ3n) is 14.0. The highest BCUT2D eigenvalue weighted by atomic mass is 32.1. The topological polar surface area (TPSA) is 633 Å². The van der Waals surface area contributed by atoms with Gasteiger partial charge in [0.05, 0.1) is 38.1 Å². The molecule has 0 bridgehead atoms. The molecule has 12 atom stereocenters. The average molecular weight is 1370 g/mol. The molecule has 95 heavy (non-hydrogen) atoms. The third-order valence-corrected chi connectivity index (χ3v) is 14.4. The first-order valence-corrected chi connectivity index (χ1v) is 30.2. The van der Waals surface area contributed by atoms with Crippen molar-refractivity contribution in [3.63, 3.8) is 0 Å². The highest BCUT2D eigenvalue weighted by Crippen LogP contribution is 2.21. The van der Waals surface area contributed by atoms with Crippen LogP contribution in [0.5, 0.6) is 0 Å². The summed E-state index contributed by atoms with van der Waals surface area (Å²) in [5.74, 6) is -24.9. The molecule has 40 heteroatoms. The molecule has 1 aliphatic heterocycles. The summed E-state index contributed by atoms with van der Waals surface area (Å²) in [7, 11) is 0. The number of H-pyrrole nitrogens is 1. The molecular weight excluding hydrogens is 1290 g/mol. The van der Waals surface area contributed by atoms with Crippen molar-refractivity contribution in [1.82, 2.24) is 68.0 Å². The number of amides is 12. The summed E-state index contributed by atoms with van der Waals surface area (Å²) < 4.78 is 0. The fraction of sp³-hybridized carbons (Fsp3) is 0.618. The molecule has 1 aromatic heterocycles. The summed E-state index contributed by atoms with van der Waals surface area (Å²) in [6.45, 7) is 7.46. The zero-order valence-electron chi connectivity index (χ0n) is 52.4. The van der Waals surface area contributed by atoms with Gasteiger partial charge < -0.3 is 105 Å². The number of aromatic amines is 1. The molecule has 0 aromatic carbocycles. The number of aliphatic carboxylic acids is 6. The molecule has 39 nitrogen and oxygen atoms in total. The van der Waals surface area contributed by atoms with E-state index in [4.69, 9.17) is 16.6 Å². The first kappa shape index (κ1) is 81.1. The van der Waals surface area contributed by atoms with Gasteiger partial charge in [-0.25, -0.2) is 9.78 Å². The van der Waals surface area contributed by atoms with Crippen LogP contribution in [0.3, 0.4) is 0 Å². The maximum Gasteiger partial charge on any atom is 0.326 e. The van der Waals surface area contributed by atoms with Gasteiger partial charge in [0.2, 0.25) is 70.9 Å². The molecule has 2 heterocycles. The van der Waals surface area contributed by atoms with Gasteiger partial charge in [-0.05, 0) is 57.3 Å². The summed E-state index contributed by atoms with van der Waals surface area (Å²) in [5.41, 5.74) is 11.5. The van der Waals surface area contributed by atoms with Crippen LogP contribution < -0.4 is 64.6 Å². The predicted molar refractivity (Wildman–Crippen MR) is 325 cm³/mol. The van der Waals surface area contributed by atoms with E-state index in [0.717, 1.165) is 11.8 Å². The number of primary amides is 1. The second kappa shape index (κ2) is 39.5. The number of carboxylic acids is 6. The van der Waals surface area contributed by atoms with Crippen molar-refractivity contribution in [2.45, 2.75) is 191 Å². The second-order valence-electron chi connectivity index (χ2n) is 23.0. The van der Waals surface area contributed by atoms with E-state index in [9.17, 15) is 112 Å². The number of imidazole rings is 1. The number of likely N-dealkylation sites (tertiary alicyclic amines) is 1. The first-order chi connectivity index (χ1) is 44.3. The van der Waals surface area contributed by atoms with Gasteiger partial charge in [0.25, 0.3) is 0 Å². The number of aromatic nitrogens is 2. The van der Waals surface area contributed by atoms with Crippen molar-refractivity contribution in [2.75, 3.05) is 12.3 Å². The van der Waals surface area contributed by atoms with Crippen molar-refractivity contribution in [3.05, 3.63) is 18.2 Å². The highest BCUT2D eigenvalue weighted by molar-refractivity contribution is 7.80. The number of rotatable bonds is 43. The van der Waals surface area contributed by atoms with Gasteiger partial charge in [0, 0.05) is 43.5 Å². The average Bonchev–Trinajstić information content (AvgIpc) is 1.77. The molecule has 1 aromatic rings. The van der Waals surface area contributed by atoms with Crippen LogP contribution >= 0.6 is 12.6 Å². The maximum absolute atomic E-state index is 14.1. The van der Waals surface area contributed by atoms with Crippen LogP contribution in [0.2, 0.25) is 0 Å². The van der Waals surface area contributed by atoms with Crippen LogP contribution in [0, 0.1) is 11.8 Å². The molecular formula is C55H83N15O24S. The van der Waals surface area contributed by atoms with E-state index < -0.39 is 236 Å². The lowest BCUT2D eigenvalue weighted by Gasteiger charge is -2.30. The minimum absolute atomic E-state index is 0.0417. The van der Waals surface area contributed by atoms with Gasteiger partial charge in [-0.1, -0.05) is 27.7 Å². The number of hydrogen-bond donors (Lipinski definition) is 20. The van der Waals surface area contributed by atoms with Crippen LogP contribution in [-0.2, 0) is 92.7 Å². The lowest BCUT2D eigenvalue weighted by molar-refractivity contribution is -0.144. The first-order valence-electron chi connectivity index (χ1n) is 29.6. The van der Waals surface area contributed by atoms with Crippen LogP contribution in [-0.4, -0.2) is 237 Å². The fourth-order valence-electron chi connectivity index (χ4n) is 9.28. The lowest BCUT2D eigenvalue weighted by Crippen LogP contribution is -2.61. The number of hydrogen-bond acceptors (Lipinski definition) is 21. The quantitative estimate of drug-likeness (QED) is 0.0270. The van der Waals surface area contributed by atoms with E-state index >= 15 is 0 Å². The number of nitrogens with two attached hydrogens (primary N) is 2. The Morgan fingerprint density at radius 1 is 0.516 bits per heavy atom. The lowest BCUT2D eigenvalue weighted by atomic mass is 10.0. The van der Waals surface area contributed by atoms with E-state index in [1.165, 1.54) is 12.5 Å². The van der Waals surface area contributed by atoms with Gasteiger partial charge >= 0.3 is 35.8 Å². The molecule has 0 spiro atoms. The zero-order chi connectivity index (χ0) is 72.1. The van der Waals surface area contributed by atoms with E-state index in [-0.39, 0.29) is 56.7 Å². The number of carbonyl (C=O) groups excluding carboxylic acids is 12. The van der Waals surface area contributed by atoms with E-state index in [0.29, 0.717) is 0 Å². The Labute approximate surface area is 547 Å². The van der Waals surface area contributed by atoms with Gasteiger partial charge in [-0.2, -0.15) is 12.6 Å². The highest BCUT2D eigenvalue weighted by Gasteiger charge is 2.42. The normalized spacial score (nSPS) is 16.1. The standard InChI is InChI=1S/C55H83N15O24S/c1-23(2)13-29(47(85)60-25(5)44(82)62-31(17-41(76)77)50(88)68-35(55(93)94)15-26-20-58-22-59-26)64-46(84)28(9-11-40(74)75)61-49(87)32(18-42(78)79)65-52(90)36(21-95)69-51(89)33(19-43(80)81)66-53(91)37-7-6-12-70(37)54(92)34(16-38(57)71)67-48(86)30(14-24(3)4)63-45(83)27(56)8-10-39(72)73/h20,22-25,27-37,95H,6-19,21,56H2,1-5H3,(H2,57,71)(H,58,59)(H,60,85)(H,61,87)(H,62,82)(H,63,83)(H,64,84)(H,65,90)(H,66,91)(H,67,86)(H,68,88)(H,69,89)(H,72,73)(H,74,75)(H,76,77)(H,78,79)(H,80,81)(H,93,94)/t25-,27-,28-,29-,30-,31-,32-,33+,34-,35-,36-,37-/m0/s1. The van der Waals surface area contributed by atoms with Gasteiger partial charge in [-0.3, -0.25) is 81.5 Å². The number of carbonyl (C=O) groups is 18. The summed E-state index contributed by atoms with van der Waals surface area (Å²) in [6, 6.07) is -20.8. The largest absolute Gasteiger partial charge is 0.481 e. The summed E-state index contributed by atoms with van der Waals surface area (Å²) in [6.07, 6.45) is -4.78. The minimum Gasteiger partial charge on any atom is -0.481 e. The molecule has 12 amide bonds. The smallest absolute Gasteiger partial charge is 0.326 e. The molecule has 0 aliphatic carbocycles.